The van der Waals surface area contributed by atoms with Gasteiger partial charge in [-0.05, 0) is 73.0 Å². The van der Waals surface area contributed by atoms with Gasteiger partial charge >= 0.3 is 0 Å². The van der Waals surface area contributed by atoms with Crippen LogP contribution in [0.1, 0.15) is 16.7 Å². The molecule has 42 heavy (non-hydrogen) atoms. The summed E-state index contributed by atoms with van der Waals surface area (Å²) in [5.41, 5.74) is 10.7. The molecule has 4 nitrogen and oxygen atoms in total. The summed E-state index contributed by atoms with van der Waals surface area (Å²) in [5, 5.41) is 14.4. The maximum Gasteiger partial charge on any atom is 0.162 e. The molecule has 0 saturated heterocycles. The third-order valence-corrected chi connectivity index (χ3v) is 8.48. The van der Waals surface area contributed by atoms with Gasteiger partial charge in [0, 0.05) is 33.3 Å². The van der Waals surface area contributed by atoms with Gasteiger partial charge in [0.05, 0.1) is 39.4 Å². The van der Waals surface area contributed by atoms with Crippen molar-refractivity contribution < 1.29 is 0 Å². The summed E-state index contributed by atoms with van der Waals surface area (Å²) < 4.78 is 4.69. The van der Waals surface area contributed by atoms with Crippen molar-refractivity contribution in [1.82, 2.24) is 14.1 Å². The van der Waals surface area contributed by atoms with Gasteiger partial charge in [0.1, 0.15) is 0 Å². The molecule has 0 radical (unpaired) electrons. The minimum absolute atomic E-state index is 0.639. The molecule has 0 aliphatic rings. The van der Waals surface area contributed by atoms with Gasteiger partial charge in [0.2, 0.25) is 0 Å². The first-order chi connectivity index (χ1) is 20.7. The minimum Gasteiger partial charge on any atom is -0.305 e. The number of benzene rings is 5. The van der Waals surface area contributed by atoms with E-state index in [0.29, 0.717) is 5.56 Å². The molecule has 0 unspecified atom stereocenters. The molecule has 3 heterocycles. The Kier molecular flexibility index (Phi) is 5.29. The lowest BCUT2D eigenvalue weighted by molar-refractivity contribution is 1.03. The molecule has 0 bridgehead atoms. The number of nitrogens with zero attached hydrogens (tertiary/aromatic N) is 4. The van der Waals surface area contributed by atoms with Gasteiger partial charge in [-0.15, -0.1) is 0 Å². The summed E-state index contributed by atoms with van der Waals surface area (Å²) in [6, 6.07) is 42.4. The summed E-state index contributed by atoms with van der Waals surface area (Å²) in [7, 11) is 0. The van der Waals surface area contributed by atoms with E-state index < -0.39 is 0 Å². The molecule has 8 rings (SSSR count). The van der Waals surface area contributed by atoms with Crippen LogP contribution in [0.3, 0.4) is 0 Å². The van der Waals surface area contributed by atoms with Gasteiger partial charge in [-0.2, -0.15) is 5.26 Å². The average Bonchev–Trinajstić information content (AvgIpc) is 3.55. The van der Waals surface area contributed by atoms with Crippen LogP contribution in [0.2, 0.25) is 0 Å². The predicted molar refractivity (Wildman–Crippen MR) is 173 cm³/mol. The number of pyridine rings is 1. The molecular weight excluding hydrogens is 512 g/mol. The lowest BCUT2D eigenvalue weighted by Gasteiger charge is -2.19. The normalized spacial score (nSPS) is 11.5. The van der Waals surface area contributed by atoms with Gasteiger partial charge in [0.25, 0.3) is 0 Å². The fourth-order valence-electron chi connectivity index (χ4n) is 6.65. The third kappa shape index (κ3) is 3.38. The quantitative estimate of drug-likeness (QED) is 0.225. The van der Waals surface area contributed by atoms with Crippen LogP contribution in [0.4, 0.5) is 0 Å². The number of fused-ring (bicyclic) bond motifs is 6. The smallest absolute Gasteiger partial charge is 0.162 e. The first kappa shape index (κ1) is 24.2. The van der Waals surface area contributed by atoms with E-state index in [1.54, 1.807) is 0 Å². The number of nitriles is 1. The van der Waals surface area contributed by atoms with Crippen LogP contribution in [-0.4, -0.2) is 14.1 Å². The highest BCUT2D eigenvalue weighted by Gasteiger charge is 2.24. The monoisotopic (exact) mass is 538 g/mol. The zero-order chi connectivity index (χ0) is 28.4. The van der Waals surface area contributed by atoms with Crippen molar-refractivity contribution in [3.63, 3.8) is 0 Å². The lowest BCUT2D eigenvalue weighted by atomic mass is 10.0. The molecular formula is C38H26N4. The second-order valence-corrected chi connectivity index (χ2v) is 10.9. The van der Waals surface area contributed by atoms with Gasteiger partial charge in [-0.3, -0.25) is 4.57 Å². The van der Waals surface area contributed by atoms with E-state index in [0.717, 1.165) is 44.7 Å². The van der Waals surface area contributed by atoms with Gasteiger partial charge in [-0.1, -0.05) is 72.8 Å². The van der Waals surface area contributed by atoms with E-state index in [1.807, 2.05) is 30.5 Å². The molecule has 0 spiro atoms. The molecule has 198 valence electrons. The Morgan fingerprint density at radius 2 is 1.12 bits per heavy atom. The summed E-state index contributed by atoms with van der Waals surface area (Å²) in [4.78, 5) is 5.15. The van der Waals surface area contributed by atoms with Gasteiger partial charge < -0.3 is 4.57 Å². The second-order valence-electron chi connectivity index (χ2n) is 10.9. The molecule has 0 N–H and O–H groups in total. The summed E-state index contributed by atoms with van der Waals surface area (Å²) in [6.07, 6.45) is 1.90. The molecule has 8 aromatic rings. The maximum absolute atomic E-state index is 9.49. The largest absolute Gasteiger partial charge is 0.305 e. The Bertz CT molecular complexity index is 2380. The summed E-state index contributed by atoms with van der Waals surface area (Å²) >= 11 is 0. The SMILES string of the molecule is Cc1cccc2c1c1ccccc1n2-c1nccc(-c2ccc(C#N)cc2)c1-n1c2ccccc2c2c(C)cccc21. The van der Waals surface area contributed by atoms with E-state index in [2.05, 4.69) is 120 Å². The van der Waals surface area contributed by atoms with Crippen molar-refractivity contribution in [1.29, 1.82) is 5.26 Å². The van der Waals surface area contributed by atoms with Crippen molar-refractivity contribution in [2.75, 3.05) is 0 Å². The van der Waals surface area contributed by atoms with Crippen molar-refractivity contribution >= 4 is 43.6 Å². The Morgan fingerprint density at radius 1 is 0.571 bits per heavy atom. The highest BCUT2D eigenvalue weighted by Crippen LogP contribution is 2.42. The minimum atomic E-state index is 0.639. The first-order valence-electron chi connectivity index (χ1n) is 14.1. The van der Waals surface area contributed by atoms with E-state index in [-0.39, 0.29) is 0 Å². The molecule has 0 saturated carbocycles. The average molecular weight is 539 g/mol. The van der Waals surface area contributed by atoms with Crippen molar-refractivity contribution in [2.45, 2.75) is 13.8 Å². The number of aryl methyl sites for hydroxylation is 2. The molecule has 0 aliphatic heterocycles. The number of aromatic nitrogens is 3. The number of rotatable bonds is 3. The Labute approximate surface area is 243 Å². The van der Waals surface area contributed by atoms with Crippen molar-refractivity contribution in [3.05, 3.63) is 138 Å². The molecule has 0 atom stereocenters. The van der Waals surface area contributed by atoms with Gasteiger partial charge in [-0.25, -0.2) is 4.98 Å². The molecule has 0 fully saturated rings. The topological polar surface area (TPSA) is 46.5 Å². The predicted octanol–water partition coefficient (Wildman–Crippen LogP) is 9.43. The van der Waals surface area contributed by atoms with Crippen LogP contribution in [0.5, 0.6) is 0 Å². The van der Waals surface area contributed by atoms with Crippen LogP contribution in [0.25, 0.3) is 66.2 Å². The molecule has 3 aromatic heterocycles. The van der Waals surface area contributed by atoms with E-state index in [1.165, 1.54) is 32.7 Å². The van der Waals surface area contributed by atoms with Crippen LogP contribution in [0.15, 0.2) is 121 Å². The Balaban J connectivity index is 1.60. The fourth-order valence-corrected chi connectivity index (χ4v) is 6.65. The van der Waals surface area contributed by atoms with Crippen LogP contribution in [0, 0.1) is 25.2 Å². The Morgan fingerprint density at radius 3 is 1.74 bits per heavy atom. The maximum atomic E-state index is 9.49. The van der Waals surface area contributed by atoms with E-state index >= 15 is 0 Å². The zero-order valence-electron chi connectivity index (χ0n) is 23.3. The van der Waals surface area contributed by atoms with E-state index in [9.17, 15) is 5.26 Å². The van der Waals surface area contributed by atoms with Crippen molar-refractivity contribution in [3.8, 4) is 28.7 Å². The van der Waals surface area contributed by atoms with Gasteiger partial charge in [0.15, 0.2) is 5.82 Å². The second kappa shape index (κ2) is 9.19. The molecule has 0 amide bonds. The Hall–Kier alpha value is -5.66. The van der Waals surface area contributed by atoms with E-state index in [4.69, 9.17) is 4.98 Å². The molecule has 4 heteroatoms. The highest BCUT2D eigenvalue weighted by atomic mass is 15.1. The zero-order valence-corrected chi connectivity index (χ0v) is 23.3. The molecule has 0 aliphatic carbocycles. The van der Waals surface area contributed by atoms with Crippen molar-refractivity contribution in [2.24, 2.45) is 0 Å². The standard InChI is InChI=1S/C38H26N4/c1-24-9-7-15-33-35(24)29-11-3-5-13-31(29)41(33)37-28(27-19-17-26(23-39)18-20-27)21-22-40-38(37)42-32-14-6-4-12-30(32)36-25(2)10-8-16-34(36)42/h3-22H,1-2H3. The number of hydrogen-bond donors (Lipinski definition) is 0. The number of hydrogen-bond acceptors (Lipinski definition) is 2. The van der Waals surface area contributed by atoms with Crippen LogP contribution in [-0.2, 0) is 0 Å². The van der Waals surface area contributed by atoms with Crippen LogP contribution >= 0.6 is 0 Å². The highest BCUT2D eigenvalue weighted by molar-refractivity contribution is 6.13. The number of para-hydroxylation sites is 2. The first-order valence-corrected chi connectivity index (χ1v) is 14.1. The summed E-state index contributed by atoms with van der Waals surface area (Å²) in [6.45, 7) is 4.36. The lowest BCUT2D eigenvalue weighted by Crippen LogP contribution is -2.08. The third-order valence-electron chi connectivity index (χ3n) is 8.48. The molecule has 5 aromatic carbocycles. The summed E-state index contributed by atoms with van der Waals surface area (Å²) in [5.74, 6) is 0.859. The van der Waals surface area contributed by atoms with Crippen LogP contribution < -0.4 is 0 Å². The fraction of sp³-hybridized carbons (Fsp3) is 0.0526.